The van der Waals surface area contributed by atoms with E-state index in [1.54, 1.807) is 12.4 Å². The van der Waals surface area contributed by atoms with Crippen molar-refractivity contribution in [2.75, 3.05) is 11.9 Å². The standard InChI is InChI=1S/C12H16N4O/c1-8-4-14-12(5-13-8)15-10-2-9-3-11(10)16(6-9)7-17/h4-5,7,9-11H,2-3,6H2,1H3,(H,14,15)/t9-,10+,11-/m0/s1. The van der Waals surface area contributed by atoms with Crippen molar-refractivity contribution in [1.29, 1.82) is 0 Å². The number of aromatic nitrogens is 2. The van der Waals surface area contributed by atoms with Gasteiger partial charge in [-0.1, -0.05) is 0 Å². The first-order valence-corrected chi connectivity index (χ1v) is 6.02. The minimum atomic E-state index is 0.330. The van der Waals surface area contributed by atoms with Crippen molar-refractivity contribution < 1.29 is 4.79 Å². The Bertz CT molecular complexity index is 419. The molecule has 90 valence electrons. The fourth-order valence-electron chi connectivity index (χ4n) is 3.00. The van der Waals surface area contributed by atoms with Crippen molar-refractivity contribution in [2.24, 2.45) is 5.92 Å². The fraction of sp³-hybridized carbons (Fsp3) is 0.583. The summed E-state index contributed by atoms with van der Waals surface area (Å²) < 4.78 is 0. The summed E-state index contributed by atoms with van der Waals surface area (Å²) in [5.74, 6) is 1.46. The number of aryl methyl sites for hydroxylation is 1. The number of rotatable bonds is 3. The van der Waals surface area contributed by atoms with Crippen molar-refractivity contribution in [3.05, 3.63) is 18.1 Å². The van der Waals surface area contributed by atoms with Gasteiger partial charge in [0.05, 0.1) is 24.1 Å². The van der Waals surface area contributed by atoms with Crippen molar-refractivity contribution >= 4 is 12.2 Å². The molecule has 1 aliphatic heterocycles. The highest BCUT2D eigenvalue weighted by molar-refractivity contribution is 5.50. The molecule has 1 aromatic heterocycles. The number of fused-ring (bicyclic) bond motifs is 2. The molecule has 1 amide bonds. The lowest BCUT2D eigenvalue weighted by Crippen LogP contribution is -2.44. The molecule has 2 heterocycles. The summed E-state index contributed by atoms with van der Waals surface area (Å²) in [6.45, 7) is 2.84. The van der Waals surface area contributed by atoms with E-state index in [1.165, 1.54) is 0 Å². The normalized spacial score (nSPS) is 30.6. The zero-order valence-electron chi connectivity index (χ0n) is 9.84. The molecule has 5 heteroatoms. The van der Waals surface area contributed by atoms with E-state index in [-0.39, 0.29) is 0 Å². The Labute approximate surface area is 100 Å². The SMILES string of the molecule is Cc1cnc(N[C@@H]2C[C@H]3C[C@@H]2N(C=O)C3)cn1. The third-order valence-electron chi connectivity index (χ3n) is 3.77. The van der Waals surface area contributed by atoms with Crippen LogP contribution in [-0.2, 0) is 4.79 Å². The summed E-state index contributed by atoms with van der Waals surface area (Å²) in [6, 6.07) is 0.663. The maximum atomic E-state index is 10.9. The maximum Gasteiger partial charge on any atom is 0.210 e. The highest BCUT2D eigenvalue weighted by Gasteiger charge is 2.44. The highest BCUT2D eigenvalue weighted by atomic mass is 16.1. The van der Waals surface area contributed by atoms with Gasteiger partial charge in [-0.25, -0.2) is 4.98 Å². The molecule has 0 aromatic carbocycles. The number of anilines is 1. The number of hydrogen-bond acceptors (Lipinski definition) is 4. The van der Waals surface area contributed by atoms with Gasteiger partial charge in [-0.3, -0.25) is 9.78 Å². The van der Waals surface area contributed by atoms with Gasteiger partial charge in [-0.05, 0) is 25.7 Å². The summed E-state index contributed by atoms with van der Waals surface area (Å²) in [4.78, 5) is 21.3. The molecule has 3 rings (SSSR count). The Balaban J connectivity index is 1.70. The van der Waals surface area contributed by atoms with Gasteiger partial charge in [0, 0.05) is 12.6 Å². The molecule has 5 nitrogen and oxygen atoms in total. The van der Waals surface area contributed by atoms with E-state index >= 15 is 0 Å². The molecule has 0 spiro atoms. The van der Waals surface area contributed by atoms with Crippen LogP contribution in [0.4, 0.5) is 5.82 Å². The van der Waals surface area contributed by atoms with Crippen LogP contribution >= 0.6 is 0 Å². The number of nitrogens with zero attached hydrogens (tertiary/aromatic N) is 3. The van der Waals surface area contributed by atoms with Gasteiger partial charge in [0.1, 0.15) is 5.82 Å². The van der Waals surface area contributed by atoms with E-state index in [0.29, 0.717) is 18.0 Å². The molecule has 0 unspecified atom stereocenters. The summed E-state index contributed by atoms with van der Waals surface area (Å²) in [6.07, 6.45) is 6.74. The van der Waals surface area contributed by atoms with Crippen LogP contribution in [-0.4, -0.2) is 39.9 Å². The van der Waals surface area contributed by atoms with Crippen LogP contribution in [0, 0.1) is 12.8 Å². The summed E-state index contributed by atoms with van der Waals surface area (Å²) in [5.41, 5.74) is 0.915. The van der Waals surface area contributed by atoms with Gasteiger partial charge in [0.15, 0.2) is 0 Å². The van der Waals surface area contributed by atoms with Gasteiger partial charge in [-0.15, -0.1) is 0 Å². The van der Waals surface area contributed by atoms with E-state index in [4.69, 9.17) is 0 Å². The third-order valence-corrected chi connectivity index (χ3v) is 3.77. The lowest BCUT2D eigenvalue weighted by atomic mass is 10.1. The Morgan fingerprint density at radius 2 is 2.29 bits per heavy atom. The molecule has 1 saturated heterocycles. The number of hydrogen-bond donors (Lipinski definition) is 1. The maximum absolute atomic E-state index is 10.9. The lowest BCUT2D eigenvalue weighted by Gasteiger charge is -2.31. The Hall–Kier alpha value is -1.65. The molecule has 2 fully saturated rings. The topological polar surface area (TPSA) is 58.1 Å². The van der Waals surface area contributed by atoms with Crippen molar-refractivity contribution in [2.45, 2.75) is 31.8 Å². The van der Waals surface area contributed by atoms with E-state index in [2.05, 4.69) is 15.3 Å². The predicted octanol–water partition coefficient (Wildman–Crippen LogP) is 0.816. The molecular formula is C12H16N4O. The van der Waals surface area contributed by atoms with Crippen molar-refractivity contribution in [3.8, 4) is 0 Å². The van der Waals surface area contributed by atoms with Crippen molar-refractivity contribution in [1.82, 2.24) is 14.9 Å². The van der Waals surface area contributed by atoms with Gasteiger partial charge in [-0.2, -0.15) is 0 Å². The summed E-state index contributed by atoms with van der Waals surface area (Å²) >= 11 is 0. The predicted molar refractivity (Wildman–Crippen MR) is 63.5 cm³/mol. The Morgan fingerprint density at radius 3 is 2.94 bits per heavy atom. The van der Waals surface area contributed by atoms with Gasteiger partial charge in [0.25, 0.3) is 0 Å². The molecule has 1 N–H and O–H groups in total. The number of piperidine rings is 1. The highest BCUT2D eigenvalue weighted by Crippen LogP contribution is 2.37. The van der Waals surface area contributed by atoms with Crippen molar-refractivity contribution in [3.63, 3.8) is 0 Å². The third kappa shape index (κ3) is 1.85. The molecule has 0 radical (unpaired) electrons. The largest absolute Gasteiger partial charge is 0.364 e. The quantitative estimate of drug-likeness (QED) is 0.784. The monoisotopic (exact) mass is 232 g/mol. The second-order valence-electron chi connectivity index (χ2n) is 5.00. The van der Waals surface area contributed by atoms with Crippen LogP contribution in [0.5, 0.6) is 0 Å². The molecule has 17 heavy (non-hydrogen) atoms. The van der Waals surface area contributed by atoms with Crippen LogP contribution in [0.3, 0.4) is 0 Å². The van der Waals surface area contributed by atoms with Crippen LogP contribution in [0.1, 0.15) is 18.5 Å². The zero-order valence-corrected chi connectivity index (χ0v) is 9.84. The fourth-order valence-corrected chi connectivity index (χ4v) is 3.00. The molecular weight excluding hydrogens is 216 g/mol. The molecule has 2 aliphatic rings. The molecule has 3 atom stereocenters. The van der Waals surface area contributed by atoms with Gasteiger partial charge >= 0.3 is 0 Å². The first-order chi connectivity index (χ1) is 8.26. The molecule has 1 aromatic rings. The second-order valence-corrected chi connectivity index (χ2v) is 5.00. The van der Waals surface area contributed by atoms with Crippen LogP contribution in [0.15, 0.2) is 12.4 Å². The lowest BCUT2D eigenvalue weighted by molar-refractivity contribution is -0.119. The first-order valence-electron chi connectivity index (χ1n) is 6.02. The zero-order chi connectivity index (χ0) is 11.8. The first kappa shape index (κ1) is 10.5. The Morgan fingerprint density at radius 1 is 1.41 bits per heavy atom. The van der Waals surface area contributed by atoms with Crippen LogP contribution in [0.25, 0.3) is 0 Å². The number of amides is 1. The Kier molecular flexibility index (Phi) is 2.46. The number of carbonyl (C=O) groups excluding carboxylic acids is 1. The second kappa shape index (κ2) is 3.98. The summed E-state index contributed by atoms with van der Waals surface area (Å²) in [7, 11) is 0. The molecule has 1 saturated carbocycles. The smallest absolute Gasteiger partial charge is 0.210 e. The molecule has 2 bridgehead atoms. The average Bonchev–Trinajstić information content (AvgIpc) is 2.91. The number of carbonyl (C=O) groups is 1. The van der Waals surface area contributed by atoms with E-state index < -0.39 is 0 Å². The van der Waals surface area contributed by atoms with Gasteiger partial charge < -0.3 is 10.2 Å². The minimum Gasteiger partial charge on any atom is -0.364 e. The van der Waals surface area contributed by atoms with E-state index in [1.807, 2.05) is 11.8 Å². The van der Waals surface area contributed by atoms with Crippen LogP contribution < -0.4 is 5.32 Å². The van der Waals surface area contributed by atoms with Crippen LogP contribution in [0.2, 0.25) is 0 Å². The van der Waals surface area contributed by atoms with E-state index in [9.17, 15) is 4.79 Å². The summed E-state index contributed by atoms with van der Waals surface area (Å²) in [5, 5.41) is 3.39. The molecule has 1 aliphatic carbocycles. The minimum absolute atomic E-state index is 0.330. The van der Waals surface area contributed by atoms with E-state index in [0.717, 1.165) is 37.3 Å². The number of nitrogens with one attached hydrogen (secondary N) is 1. The number of likely N-dealkylation sites (tertiary alicyclic amines) is 1. The average molecular weight is 232 g/mol. The van der Waals surface area contributed by atoms with Gasteiger partial charge in [0.2, 0.25) is 6.41 Å².